The van der Waals surface area contributed by atoms with Crippen LogP contribution in [0.3, 0.4) is 0 Å². The van der Waals surface area contributed by atoms with Crippen LogP contribution in [0.1, 0.15) is 38.3 Å². The highest BCUT2D eigenvalue weighted by atomic mass is 35.5. The zero-order chi connectivity index (χ0) is 22.8. The van der Waals surface area contributed by atoms with Gasteiger partial charge in [-0.15, -0.1) is 0 Å². The first-order valence-electron chi connectivity index (χ1n) is 10.4. The van der Waals surface area contributed by atoms with E-state index in [1.165, 1.54) is 5.56 Å². The zero-order valence-electron chi connectivity index (χ0n) is 18.2. The number of rotatable bonds is 11. The minimum Gasteiger partial charge on any atom is -0.354 e. The Labute approximate surface area is 199 Å². The zero-order valence-corrected chi connectivity index (χ0v) is 20.6. The lowest BCUT2D eigenvalue weighted by atomic mass is 10.1. The lowest BCUT2D eigenvalue weighted by molar-refractivity contribution is -0.140. The van der Waals surface area contributed by atoms with Gasteiger partial charge in [-0.3, -0.25) is 9.59 Å². The van der Waals surface area contributed by atoms with Gasteiger partial charge >= 0.3 is 0 Å². The molecule has 0 heterocycles. The highest BCUT2D eigenvalue weighted by Crippen LogP contribution is 2.24. The second-order valence-corrected chi connectivity index (χ2v) is 9.81. The summed E-state index contributed by atoms with van der Waals surface area (Å²) in [7, 11) is 0. The van der Waals surface area contributed by atoms with Gasteiger partial charge in [-0.25, -0.2) is 0 Å². The van der Waals surface area contributed by atoms with Gasteiger partial charge in [0.2, 0.25) is 11.8 Å². The van der Waals surface area contributed by atoms with Gasteiger partial charge in [0.25, 0.3) is 0 Å². The van der Waals surface area contributed by atoms with E-state index in [-0.39, 0.29) is 18.4 Å². The SMILES string of the molecule is CC(C)CNC(=O)C(C)N(Cc1ccc(Cl)cc1Cl)C(=O)CCSCc1ccccc1. The standard InChI is InChI=1S/C24H30Cl2N2O2S/c1-17(2)14-27-24(30)18(3)28(15-20-9-10-21(25)13-22(20)26)23(29)11-12-31-16-19-7-5-4-6-8-19/h4-10,13,17-18H,11-12,14-16H2,1-3H3,(H,27,30). The molecule has 7 heteroatoms. The fraction of sp³-hybridized carbons (Fsp3) is 0.417. The fourth-order valence-corrected chi connectivity index (χ4v) is 4.30. The Hall–Kier alpha value is -1.69. The third kappa shape index (κ3) is 8.76. The molecule has 0 aromatic heterocycles. The van der Waals surface area contributed by atoms with Crippen LogP contribution < -0.4 is 5.32 Å². The van der Waals surface area contributed by atoms with Crippen LogP contribution >= 0.6 is 35.0 Å². The van der Waals surface area contributed by atoms with Gasteiger partial charge in [-0.1, -0.05) is 73.4 Å². The van der Waals surface area contributed by atoms with Crippen molar-refractivity contribution < 1.29 is 9.59 Å². The number of amides is 2. The first kappa shape index (κ1) is 25.6. The summed E-state index contributed by atoms with van der Waals surface area (Å²) in [6, 6.07) is 14.8. The van der Waals surface area contributed by atoms with Crippen molar-refractivity contribution in [1.82, 2.24) is 10.2 Å². The normalized spacial score (nSPS) is 11.9. The summed E-state index contributed by atoms with van der Waals surface area (Å²) in [4.78, 5) is 27.4. The van der Waals surface area contributed by atoms with Crippen molar-refractivity contribution in [3.05, 3.63) is 69.7 Å². The van der Waals surface area contributed by atoms with Crippen LogP contribution in [0.25, 0.3) is 0 Å². The maximum absolute atomic E-state index is 13.1. The highest BCUT2D eigenvalue weighted by molar-refractivity contribution is 7.98. The third-order valence-corrected chi connectivity index (χ3v) is 6.40. The van der Waals surface area contributed by atoms with Gasteiger partial charge < -0.3 is 10.2 Å². The highest BCUT2D eigenvalue weighted by Gasteiger charge is 2.26. The number of halogens is 2. The second kappa shape index (κ2) is 13.0. The van der Waals surface area contributed by atoms with Crippen LogP contribution in [-0.4, -0.2) is 35.1 Å². The predicted molar refractivity (Wildman–Crippen MR) is 132 cm³/mol. The molecule has 0 radical (unpaired) electrons. The molecule has 0 saturated carbocycles. The van der Waals surface area contributed by atoms with E-state index in [1.54, 1.807) is 41.8 Å². The van der Waals surface area contributed by atoms with Crippen molar-refractivity contribution in [3.8, 4) is 0 Å². The number of nitrogens with one attached hydrogen (secondary N) is 1. The van der Waals surface area contributed by atoms with Crippen molar-refractivity contribution in [3.63, 3.8) is 0 Å². The number of carbonyl (C=O) groups is 2. The number of benzene rings is 2. The van der Waals surface area contributed by atoms with Gasteiger partial charge in [0, 0.05) is 41.1 Å². The van der Waals surface area contributed by atoms with E-state index < -0.39 is 6.04 Å². The van der Waals surface area contributed by atoms with Crippen LogP contribution in [0.15, 0.2) is 48.5 Å². The summed E-state index contributed by atoms with van der Waals surface area (Å²) in [5.74, 6) is 1.63. The van der Waals surface area contributed by atoms with E-state index in [9.17, 15) is 9.59 Å². The lowest BCUT2D eigenvalue weighted by Crippen LogP contribution is -2.48. The van der Waals surface area contributed by atoms with Crippen molar-refractivity contribution in [1.29, 1.82) is 0 Å². The van der Waals surface area contributed by atoms with Gasteiger partial charge in [0.1, 0.15) is 6.04 Å². The van der Waals surface area contributed by atoms with Crippen molar-refractivity contribution in [2.45, 2.75) is 45.5 Å². The van der Waals surface area contributed by atoms with E-state index in [1.807, 2.05) is 32.0 Å². The summed E-state index contributed by atoms with van der Waals surface area (Å²) >= 11 is 14.0. The minimum atomic E-state index is -0.600. The molecule has 0 aliphatic heterocycles. The van der Waals surface area contributed by atoms with Gasteiger partial charge in [0.05, 0.1) is 0 Å². The van der Waals surface area contributed by atoms with Crippen LogP contribution in [0.4, 0.5) is 0 Å². The largest absolute Gasteiger partial charge is 0.354 e. The predicted octanol–water partition coefficient (Wildman–Crippen LogP) is 5.81. The quantitative estimate of drug-likeness (QED) is 0.413. The van der Waals surface area contributed by atoms with Gasteiger partial charge in [-0.2, -0.15) is 11.8 Å². The van der Waals surface area contributed by atoms with Crippen LogP contribution in [0.5, 0.6) is 0 Å². The average molecular weight is 481 g/mol. The molecule has 168 valence electrons. The molecule has 0 aliphatic rings. The Morgan fingerprint density at radius 2 is 1.77 bits per heavy atom. The molecule has 1 unspecified atom stereocenters. The summed E-state index contributed by atoms with van der Waals surface area (Å²) in [6.45, 7) is 6.65. The van der Waals surface area contributed by atoms with E-state index in [0.717, 1.165) is 11.3 Å². The summed E-state index contributed by atoms with van der Waals surface area (Å²) < 4.78 is 0. The van der Waals surface area contributed by atoms with E-state index in [4.69, 9.17) is 23.2 Å². The van der Waals surface area contributed by atoms with Crippen LogP contribution in [0, 0.1) is 5.92 Å². The number of carbonyl (C=O) groups excluding carboxylic acids is 2. The molecule has 4 nitrogen and oxygen atoms in total. The van der Waals surface area contributed by atoms with Crippen molar-refractivity contribution in [2.75, 3.05) is 12.3 Å². The lowest BCUT2D eigenvalue weighted by Gasteiger charge is -2.29. The molecule has 0 spiro atoms. The molecular formula is C24H30Cl2N2O2S. The Kier molecular flexibility index (Phi) is 10.7. The smallest absolute Gasteiger partial charge is 0.242 e. The first-order chi connectivity index (χ1) is 14.8. The van der Waals surface area contributed by atoms with Crippen LogP contribution in [0.2, 0.25) is 10.0 Å². The molecule has 1 N–H and O–H groups in total. The molecule has 2 aromatic rings. The molecule has 0 bridgehead atoms. The topological polar surface area (TPSA) is 49.4 Å². The number of thioether (sulfide) groups is 1. The van der Waals surface area contributed by atoms with Gasteiger partial charge in [0.15, 0.2) is 0 Å². The minimum absolute atomic E-state index is 0.0706. The maximum atomic E-state index is 13.1. The summed E-state index contributed by atoms with van der Waals surface area (Å²) in [5, 5.41) is 3.94. The Morgan fingerprint density at radius 3 is 2.42 bits per heavy atom. The number of nitrogens with zero attached hydrogens (tertiary/aromatic N) is 1. The monoisotopic (exact) mass is 480 g/mol. The fourth-order valence-electron chi connectivity index (χ4n) is 2.94. The number of hydrogen-bond donors (Lipinski definition) is 1. The molecule has 2 rings (SSSR count). The summed E-state index contributed by atoms with van der Waals surface area (Å²) in [5.41, 5.74) is 1.99. The summed E-state index contributed by atoms with van der Waals surface area (Å²) in [6.07, 6.45) is 0.352. The molecule has 2 aromatic carbocycles. The molecule has 1 atom stereocenters. The van der Waals surface area contributed by atoms with E-state index in [2.05, 4.69) is 17.4 Å². The van der Waals surface area contributed by atoms with Gasteiger partial charge in [-0.05, 0) is 36.1 Å². The molecular weight excluding hydrogens is 451 g/mol. The molecule has 31 heavy (non-hydrogen) atoms. The van der Waals surface area contributed by atoms with Crippen molar-refractivity contribution in [2.24, 2.45) is 5.92 Å². The molecule has 0 saturated heterocycles. The average Bonchev–Trinajstić information content (AvgIpc) is 2.74. The second-order valence-electron chi connectivity index (χ2n) is 7.86. The first-order valence-corrected chi connectivity index (χ1v) is 12.3. The molecule has 0 aliphatic carbocycles. The molecule has 0 fully saturated rings. The Morgan fingerprint density at radius 1 is 1.06 bits per heavy atom. The Balaban J connectivity index is 2.04. The van der Waals surface area contributed by atoms with Crippen molar-refractivity contribution >= 4 is 46.8 Å². The Bertz CT molecular complexity index is 862. The molecule has 2 amide bonds. The maximum Gasteiger partial charge on any atom is 0.242 e. The van der Waals surface area contributed by atoms with E-state index >= 15 is 0 Å². The number of hydrogen-bond acceptors (Lipinski definition) is 3. The third-order valence-electron chi connectivity index (χ3n) is 4.78. The van der Waals surface area contributed by atoms with E-state index in [0.29, 0.717) is 34.7 Å². The van der Waals surface area contributed by atoms with Crippen LogP contribution in [-0.2, 0) is 21.9 Å².